The van der Waals surface area contributed by atoms with Gasteiger partial charge in [0.25, 0.3) is 11.1 Å². The maximum absolute atomic E-state index is 13.1. The van der Waals surface area contributed by atoms with Gasteiger partial charge in [-0.25, -0.2) is 9.97 Å². The number of carbonyl (C=O) groups excluding carboxylic acids is 1. The lowest BCUT2D eigenvalue weighted by atomic mass is 10.1. The van der Waals surface area contributed by atoms with Crippen LogP contribution in [-0.4, -0.2) is 82.6 Å². The first-order valence-corrected chi connectivity index (χ1v) is 15.7. The summed E-state index contributed by atoms with van der Waals surface area (Å²) < 4.78 is 17.1. The van der Waals surface area contributed by atoms with Crippen molar-refractivity contribution in [2.24, 2.45) is 0 Å². The number of amides is 1. The van der Waals surface area contributed by atoms with E-state index in [-0.39, 0.29) is 23.4 Å². The first-order valence-electron chi connectivity index (χ1n) is 15.7. The number of aromatic nitrogens is 4. The number of aromatic amines is 2. The van der Waals surface area contributed by atoms with Gasteiger partial charge in [-0.2, -0.15) is 0 Å². The number of nitrogens with one attached hydrogen (secondary N) is 2. The fourth-order valence-corrected chi connectivity index (χ4v) is 5.89. The molecule has 12 nitrogen and oxygen atoms in total. The van der Waals surface area contributed by atoms with Crippen LogP contribution in [0.3, 0.4) is 0 Å². The van der Waals surface area contributed by atoms with E-state index in [9.17, 15) is 14.4 Å². The molecule has 12 heteroatoms. The number of H-pyrrole nitrogens is 2. The Morgan fingerprint density at radius 1 is 0.830 bits per heavy atom. The van der Waals surface area contributed by atoms with Crippen molar-refractivity contribution in [3.05, 3.63) is 105 Å². The van der Waals surface area contributed by atoms with Crippen molar-refractivity contribution >= 4 is 27.7 Å². The molecular formula is C35H38N6O6. The van der Waals surface area contributed by atoms with Crippen LogP contribution in [0, 0.1) is 0 Å². The van der Waals surface area contributed by atoms with Gasteiger partial charge < -0.3 is 29.1 Å². The Hall–Kier alpha value is -5.07. The van der Waals surface area contributed by atoms with Gasteiger partial charge in [0.15, 0.2) is 0 Å². The van der Waals surface area contributed by atoms with Crippen molar-refractivity contribution < 1.29 is 19.0 Å². The van der Waals surface area contributed by atoms with Crippen LogP contribution in [0.4, 0.5) is 0 Å². The van der Waals surface area contributed by atoms with Crippen LogP contribution in [0.1, 0.15) is 36.2 Å². The quantitative estimate of drug-likeness (QED) is 0.210. The van der Waals surface area contributed by atoms with Gasteiger partial charge in [0, 0.05) is 52.7 Å². The SMILES string of the molecule is COc1cccc2c(=O)[nH]c(C(CCN3CCN(C(=O)CCc4nc5c(OCc6ccccc6)cccc5c(=O)[nH]4)CC3)OC)nc12. The summed E-state index contributed by atoms with van der Waals surface area (Å²) in [6.07, 6.45) is 0.760. The van der Waals surface area contributed by atoms with Crippen molar-refractivity contribution in [1.82, 2.24) is 29.7 Å². The molecular weight excluding hydrogens is 600 g/mol. The minimum Gasteiger partial charge on any atom is -0.494 e. The zero-order valence-electron chi connectivity index (χ0n) is 26.5. The number of rotatable bonds is 12. The normalized spacial score (nSPS) is 14.4. The molecule has 1 saturated heterocycles. The van der Waals surface area contributed by atoms with Gasteiger partial charge in [0.05, 0.1) is 17.9 Å². The highest BCUT2D eigenvalue weighted by molar-refractivity contribution is 5.84. The zero-order chi connectivity index (χ0) is 32.8. The molecule has 5 aromatic rings. The number of hydrogen-bond acceptors (Lipinski definition) is 9. The van der Waals surface area contributed by atoms with Gasteiger partial charge in [0.2, 0.25) is 5.91 Å². The highest BCUT2D eigenvalue weighted by atomic mass is 16.5. The van der Waals surface area contributed by atoms with Crippen LogP contribution >= 0.6 is 0 Å². The number of piperazine rings is 1. The molecule has 1 unspecified atom stereocenters. The monoisotopic (exact) mass is 638 g/mol. The molecule has 0 spiro atoms. The summed E-state index contributed by atoms with van der Waals surface area (Å²) in [7, 11) is 3.15. The second kappa shape index (κ2) is 14.6. The van der Waals surface area contributed by atoms with Gasteiger partial charge in [-0.3, -0.25) is 19.3 Å². The molecule has 1 atom stereocenters. The van der Waals surface area contributed by atoms with E-state index in [1.54, 1.807) is 50.6 Å². The Labute approximate surface area is 271 Å². The molecule has 6 rings (SSSR count). The lowest BCUT2D eigenvalue weighted by Gasteiger charge is -2.35. The Morgan fingerprint density at radius 3 is 2.21 bits per heavy atom. The standard InChI is InChI=1S/C35H38N6O6/c1-45-26-12-6-10-24-31(26)38-33(39-35(24)44)28(46-2)16-17-40-18-20-41(21-19-40)30(42)15-14-29-36-32-25(34(43)37-29)11-7-13-27(32)47-22-23-8-4-3-5-9-23/h3-13,28H,14-22H2,1-2H3,(H,36,37,43)(H,38,39,44). The fourth-order valence-electron chi connectivity index (χ4n) is 5.89. The fraction of sp³-hybridized carbons (Fsp3) is 0.343. The van der Waals surface area contributed by atoms with Crippen LogP contribution in [0.5, 0.6) is 11.5 Å². The average Bonchev–Trinajstić information content (AvgIpc) is 3.10. The van der Waals surface area contributed by atoms with Crippen molar-refractivity contribution in [1.29, 1.82) is 0 Å². The molecule has 1 aliphatic rings. The molecule has 2 N–H and O–H groups in total. The maximum Gasteiger partial charge on any atom is 0.258 e. The second-order valence-corrected chi connectivity index (χ2v) is 11.5. The number of nitrogens with zero attached hydrogens (tertiary/aromatic N) is 4. The molecule has 3 heterocycles. The third-order valence-electron chi connectivity index (χ3n) is 8.52. The summed E-state index contributed by atoms with van der Waals surface area (Å²) in [5.41, 5.74) is 1.51. The minimum absolute atomic E-state index is 0.0164. The average molecular weight is 639 g/mol. The van der Waals surface area contributed by atoms with Gasteiger partial charge in [-0.05, 0) is 36.2 Å². The molecule has 3 aromatic carbocycles. The lowest BCUT2D eigenvalue weighted by Crippen LogP contribution is -2.49. The molecule has 1 fully saturated rings. The van der Waals surface area contributed by atoms with E-state index in [4.69, 9.17) is 14.2 Å². The summed E-state index contributed by atoms with van der Waals surface area (Å²) in [5, 5.41) is 0.907. The lowest BCUT2D eigenvalue weighted by molar-refractivity contribution is -0.133. The van der Waals surface area contributed by atoms with E-state index in [0.717, 1.165) is 5.56 Å². The minimum atomic E-state index is -0.405. The number of aryl methyl sites for hydroxylation is 1. The van der Waals surface area contributed by atoms with Crippen molar-refractivity contribution in [3.63, 3.8) is 0 Å². The molecule has 1 aliphatic heterocycles. The van der Waals surface area contributed by atoms with Crippen LogP contribution in [0.25, 0.3) is 21.8 Å². The van der Waals surface area contributed by atoms with Crippen LogP contribution < -0.4 is 20.6 Å². The van der Waals surface area contributed by atoms with Gasteiger partial charge >= 0.3 is 0 Å². The molecule has 0 aliphatic carbocycles. The largest absolute Gasteiger partial charge is 0.494 e. The predicted octanol–water partition coefficient (Wildman–Crippen LogP) is 3.60. The number of methoxy groups -OCH3 is 2. The molecule has 0 bridgehead atoms. The summed E-state index contributed by atoms with van der Waals surface area (Å²) >= 11 is 0. The first kappa shape index (κ1) is 31.9. The van der Waals surface area contributed by atoms with Gasteiger partial charge in [-0.15, -0.1) is 0 Å². The number of hydrogen-bond donors (Lipinski definition) is 2. The summed E-state index contributed by atoms with van der Waals surface area (Å²) in [6.45, 7) is 3.69. The van der Waals surface area contributed by atoms with E-state index < -0.39 is 6.10 Å². The molecule has 0 radical (unpaired) electrons. The van der Waals surface area contributed by atoms with Gasteiger partial charge in [0.1, 0.15) is 46.9 Å². The van der Waals surface area contributed by atoms with E-state index in [1.807, 2.05) is 35.2 Å². The zero-order valence-corrected chi connectivity index (χ0v) is 26.5. The first-order chi connectivity index (χ1) is 22.9. The summed E-state index contributed by atoms with van der Waals surface area (Å²) in [5.74, 6) is 1.99. The number of para-hydroxylation sites is 2. The summed E-state index contributed by atoms with van der Waals surface area (Å²) in [4.78, 5) is 57.9. The molecule has 0 saturated carbocycles. The van der Waals surface area contributed by atoms with Gasteiger partial charge in [-0.1, -0.05) is 42.5 Å². The van der Waals surface area contributed by atoms with E-state index in [2.05, 4.69) is 24.8 Å². The molecule has 244 valence electrons. The molecule has 1 amide bonds. The molecule has 2 aromatic heterocycles. The van der Waals surface area contributed by atoms with E-state index in [0.29, 0.717) is 97.1 Å². The maximum atomic E-state index is 13.1. The highest BCUT2D eigenvalue weighted by Crippen LogP contribution is 2.25. The van der Waals surface area contributed by atoms with Crippen LogP contribution in [0.2, 0.25) is 0 Å². The van der Waals surface area contributed by atoms with E-state index >= 15 is 0 Å². The Bertz CT molecular complexity index is 1970. The number of benzene rings is 3. The topological polar surface area (TPSA) is 143 Å². The van der Waals surface area contributed by atoms with Crippen molar-refractivity contribution in [2.45, 2.75) is 32.0 Å². The Kier molecular flexibility index (Phi) is 9.89. The molecule has 47 heavy (non-hydrogen) atoms. The third kappa shape index (κ3) is 7.34. The summed E-state index contributed by atoms with van der Waals surface area (Å²) in [6, 6.07) is 20.3. The Balaban J connectivity index is 1.02. The van der Waals surface area contributed by atoms with Crippen molar-refractivity contribution in [3.8, 4) is 11.5 Å². The smallest absolute Gasteiger partial charge is 0.258 e. The second-order valence-electron chi connectivity index (χ2n) is 11.5. The predicted molar refractivity (Wildman–Crippen MR) is 178 cm³/mol. The van der Waals surface area contributed by atoms with E-state index in [1.165, 1.54) is 0 Å². The third-order valence-corrected chi connectivity index (χ3v) is 8.52. The Morgan fingerprint density at radius 2 is 1.51 bits per heavy atom. The van der Waals surface area contributed by atoms with Crippen molar-refractivity contribution in [2.75, 3.05) is 46.9 Å². The number of ether oxygens (including phenoxy) is 3. The van der Waals surface area contributed by atoms with Crippen LogP contribution in [-0.2, 0) is 22.6 Å². The number of carbonyl (C=O) groups is 1. The highest BCUT2D eigenvalue weighted by Gasteiger charge is 2.23. The van der Waals surface area contributed by atoms with Crippen LogP contribution in [0.15, 0.2) is 76.3 Å². The number of fused-ring (bicyclic) bond motifs is 2.